The van der Waals surface area contributed by atoms with Crippen LogP contribution in [-0.4, -0.2) is 43.0 Å². The zero-order chi connectivity index (χ0) is 9.84. The van der Waals surface area contributed by atoms with Crippen LogP contribution in [0.25, 0.3) is 0 Å². The number of amides is 2. The molecule has 0 aromatic carbocycles. The molecule has 1 saturated heterocycles. The molecular weight excluding hydrogens is 164 g/mol. The average Bonchev–Trinajstić information content (AvgIpc) is 2.17. The number of rotatable bonds is 0. The number of piperidine rings is 1. The molecule has 72 valence electrons. The third-order valence-corrected chi connectivity index (χ3v) is 2.38. The highest BCUT2D eigenvalue weighted by atomic mass is 16.2. The van der Waals surface area contributed by atoms with Crippen molar-refractivity contribution in [3.05, 3.63) is 0 Å². The van der Waals surface area contributed by atoms with Crippen LogP contribution in [0.3, 0.4) is 0 Å². The Kier molecular flexibility index (Phi) is 3.18. The summed E-state index contributed by atoms with van der Waals surface area (Å²) in [5.74, 6) is 3.11. The van der Waals surface area contributed by atoms with E-state index in [4.69, 9.17) is 6.42 Å². The highest BCUT2D eigenvalue weighted by Gasteiger charge is 2.22. The third-order valence-electron chi connectivity index (χ3n) is 2.38. The van der Waals surface area contributed by atoms with Gasteiger partial charge in [-0.3, -0.25) is 0 Å². The topological polar surface area (TPSA) is 23.6 Å². The summed E-state index contributed by atoms with van der Waals surface area (Å²) in [4.78, 5) is 15.0. The van der Waals surface area contributed by atoms with Gasteiger partial charge in [0.05, 0.1) is 0 Å². The van der Waals surface area contributed by atoms with E-state index in [1.807, 2.05) is 4.90 Å². The number of nitrogens with zero attached hydrogens (tertiary/aromatic N) is 2. The fourth-order valence-corrected chi connectivity index (χ4v) is 1.52. The summed E-state index contributed by atoms with van der Waals surface area (Å²) in [7, 11) is 3.55. The second kappa shape index (κ2) is 4.18. The highest BCUT2D eigenvalue weighted by Crippen LogP contribution is 2.16. The smallest absolute Gasteiger partial charge is 0.319 e. The summed E-state index contributed by atoms with van der Waals surface area (Å²) < 4.78 is 0. The van der Waals surface area contributed by atoms with Crippen molar-refractivity contribution in [2.45, 2.75) is 12.8 Å². The summed E-state index contributed by atoms with van der Waals surface area (Å²) in [6, 6.07) is 0.0930. The minimum atomic E-state index is 0.0930. The number of terminal acetylenes is 1. The number of hydrogen-bond donors (Lipinski definition) is 0. The van der Waals surface area contributed by atoms with Crippen LogP contribution in [0.2, 0.25) is 0 Å². The molecule has 1 rings (SSSR count). The number of hydrogen-bond acceptors (Lipinski definition) is 1. The van der Waals surface area contributed by atoms with E-state index in [0.29, 0.717) is 5.92 Å². The highest BCUT2D eigenvalue weighted by molar-refractivity contribution is 5.73. The van der Waals surface area contributed by atoms with E-state index < -0.39 is 0 Å². The average molecular weight is 180 g/mol. The lowest BCUT2D eigenvalue weighted by atomic mass is 9.98. The second-order valence-electron chi connectivity index (χ2n) is 3.60. The van der Waals surface area contributed by atoms with Gasteiger partial charge in [0.2, 0.25) is 0 Å². The number of likely N-dealkylation sites (tertiary alicyclic amines) is 1. The molecule has 0 radical (unpaired) electrons. The summed E-state index contributed by atoms with van der Waals surface area (Å²) in [5.41, 5.74) is 0. The SMILES string of the molecule is C#CC1CCN(C(=O)N(C)C)CC1. The summed E-state index contributed by atoms with van der Waals surface area (Å²) in [6.07, 6.45) is 7.20. The van der Waals surface area contributed by atoms with E-state index in [1.54, 1.807) is 19.0 Å². The lowest BCUT2D eigenvalue weighted by molar-refractivity contribution is 0.154. The zero-order valence-electron chi connectivity index (χ0n) is 8.29. The van der Waals surface area contributed by atoms with Crippen LogP contribution in [0.1, 0.15) is 12.8 Å². The van der Waals surface area contributed by atoms with Crippen molar-refractivity contribution >= 4 is 6.03 Å². The molecule has 1 aliphatic heterocycles. The van der Waals surface area contributed by atoms with Crippen LogP contribution < -0.4 is 0 Å². The first kappa shape index (κ1) is 9.91. The van der Waals surface area contributed by atoms with Crippen molar-refractivity contribution in [3.63, 3.8) is 0 Å². The molecule has 0 N–H and O–H groups in total. The normalized spacial score (nSPS) is 18.1. The molecular formula is C10H16N2O. The van der Waals surface area contributed by atoms with Gasteiger partial charge in [-0.25, -0.2) is 4.79 Å². The monoisotopic (exact) mass is 180 g/mol. The first-order valence-corrected chi connectivity index (χ1v) is 4.57. The van der Waals surface area contributed by atoms with Gasteiger partial charge >= 0.3 is 6.03 Å². The van der Waals surface area contributed by atoms with Gasteiger partial charge in [-0.05, 0) is 12.8 Å². The Bertz CT molecular complexity index is 222. The largest absolute Gasteiger partial charge is 0.331 e. The lowest BCUT2D eigenvalue weighted by Crippen LogP contribution is -2.43. The van der Waals surface area contributed by atoms with E-state index in [2.05, 4.69) is 5.92 Å². The van der Waals surface area contributed by atoms with Gasteiger partial charge < -0.3 is 9.80 Å². The maximum Gasteiger partial charge on any atom is 0.319 e. The Morgan fingerprint density at radius 1 is 1.46 bits per heavy atom. The number of carbonyl (C=O) groups is 1. The molecule has 0 aromatic heterocycles. The first-order valence-electron chi connectivity index (χ1n) is 4.57. The van der Waals surface area contributed by atoms with Crippen LogP contribution in [0.4, 0.5) is 4.79 Å². The standard InChI is InChI=1S/C10H16N2O/c1-4-9-5-7-12(8-6-9)10(13)11(2)3/h1,9H,5-8H2,2-3H3. The van der Waals surface area contributed by atoms with Crippen molar-refractivity contribution < 1.29 is 4.79 Å². The fourth-order valence-electron chi connectivity index (χ4n) is 1.52. The Morgan fingerprint density at radius 3 is 2.38 bits per heavy atom. The maximum atomic E-state index is 11.5. The van der Waals surface area contributed by atoms with E-state index in [-0.39, 0.29) is 6.03 Å². The van der Waals surface area contributed by atoms with E-state index in [0.717, 1.165) is 25.9 Å². The van der Waals surface area contributed by atoms with Crippen molar-refractivity contribution in [2.24, 2.45) is 5.92 Å². The molecule has 3 nitrogen and oxygen atoms in total. The number of carbonyl (C=O) groups excluding carboxylic acids is 1. The molecule has 3 heteroatoms. The number of urea groups is 1. The van der Waals surface area contributed by atoms with E-state index in [1.165, 1.54) is 0 Å². The summed E-state index contributed by atoms with van der Waals surface area (Å²) in [6.45, 7) is 1.59. The quantitative estimate of drug-likeness (QED) is 0.510. The van der Waals surface area contributed by atoms with Gasteiger partial charge in [0.15, 0.2) is 0 Å². The van der Waals surface area contributed by atoms with Crippen LogP contribution in [0.15, 0.2) is 0 Å². The first-order chi connectivity index (χ1) is 6.15. The Morgan fingerprint density at radius 2 is 2.00 bits per heavy atom. The predicted octanol–water partition coefficient (Wildman–Crippen LogP) is 1.01. The van der Waals surface area contributed by atoms with Gasteiger partial charge in [-0.2, -0.15) is 0 Å². The van der Waals surface area contributed by atoms with Gasteiger partial charge in [0, 0.05) is 33.1 Å². The summed E-state index contributed by atoms with van der Waals surface area (Å²) >= 11 is 0. The molecule has 0 aromatic rings. The molecule has 0 aliphatic carbocycles. The van der Waals surface area contributed by atoms with Crippen molar-refractivity contribution in [1.29, 1.82) is 0 Å². The molecule has 1 fully saturated rings. The molecule has 1 aliphatic rings. The fraction of sp³-hybridized carbons (Fsp3) is 0.700. The van der Waals surface area contributed by atoms with Crippen molar-refractivity contribution in [1.82, 2.24) is 9.80 Å². The van der Waals surface area contributed by atoms with E-state index in [9.17, 15) is 4.79 Å². The van der Waals surface area contributed by atoms with Gasteiger partial charge in [-0.15, -0.1) is 12.3 Å². The molecule has 0 saturated carbocycles. The third kappa shape index (κ3) is 2.38. The van der Waals surface area contributed by atoms with Crippen LogP contribution in [0, 0.1) is 18.3 Å². The Balaban J connectivity index is 2.42. The zero-order valence-corrected chi connectivity index (χ0v) is 8.29. The Labute approximate surface area is 79.7 Å². The maximum absolute atomic E-state index is 11.5. The molecule has 1 heterocycles. The molecule has 0 spiro atoms. The van der Waals surface area contributed by atoms with Crippen LogP contribution in [0.5, 0.6) is 0 Å². The molecule has 0 atom stereocenters. The molecule has 2 amide bonds. The van der Waals surface area contributed by atoms with Gasteiger partial charge in [0.1, 0.15) is 0 Å². The van der Waals surface area contributed by atoms with Crippen molar-refractivity contribution in [3.8, 4) is 12.3 Å². The van der Waals surface area contributed by atoms with Crippen molar-refractivity contribution in [2.75, 3.05) is 27.2 Å². The Hall–Kier alpha value is -1.17. The molecule has 0 unspecified atom stereocenters. The summed E-state index contributed by atoms with van der Waals surface area (Å²) in [5, 5.41) is 0. The minimum Gasteiger partial charge on any atom is -0.331 e. The lowest BCUT2D eigenvalue weighted by Gasteiger charge is -2.31. The van der Waals surface area contributed by atoms with Gasteiger partial charge in [-0.1, -0.05) is 0 Å². The van der Waals surface area contributed by atoms with E-state index >= 15 is 0 Å². The molecule has 13 heavy (non-hydrogen) atoms. The van der Waals surface area contributed by atoms with Crippen LogP contribution >= 0.6 is 0 Å². The predicted molar refractivity (Wildman–Crippen MR) is 52.2 cm³/mol. The second-order valence-corrected chi connectivity index (χ2v) is 3.60. The molecule has 0 bridgehead atoms. The minimum absolute atomic E-state index is 0.0930. The van der Waals surface area contributed by atoms with Gasteiger partial charge in [0.25, 0.3) is 0 Å². The van der Waals surface area contributed by atoms with Crippen LogP contribution in [-0.2, 0) is 0 Å².